The summed E-state index contributed by atoms with van der Waals surface area (Å²) in [6.07, 6.45) is 17.6. The molecule has 14 atom stereocenters. The average Bonchev–Trinajstić information content (AvgIpc) is 1.61. The van der Waals surface area contributed by atoms with Gasteiger partial charge in [0.2, 0.25) is 0 Å². The number of hydrogen-bond acceptors (Lipinski definition) is 18. The van der Waals surface area contributed by atoms with Gasteiger partial charge in [-0.15, -0.1) is 0 Å². The highest BCUT2D eigenvalue weighted by molar-refractivity contribution is 6.00. The van der Waals surface area contributed by atoms with E-state index >= 15 is 0 Å². The Morgan fingerprint density at radius 2 is 0.689 bits per heavy atom. The second-order valence-corrected chi connectivity index (χ2v) is 38.0. The normalized spacial score (nSPS) is 27.1. The van der Waals surface area contributed by atoms with Crippen LogP contribution in [0.1, 0.15) is 207 Å². The first-order valence-corrected chi connectivity index (χ1v) is 45.5. The summed E-state index contributed by atoms with van der Waals surface area (Å²) in [6.45, 7) is 25.4. The zero-order valence-electron chi connectivity index (χ0n) is 72.2. The van der Waals surface area contributed by atoms with Gasteiger partial charge in [0.05, 0.1) is 28.1 Å². The molecule has 0 radical (unpaired) electrons. The van der Waals surface area contributed by atoms with E-state index in [9.17, 15) is 9.59 Å². The van der Waals surface area contributed by atoms with Crippen molar-refractivity contribution in [3.8, 4) is 0 Å². The summed E-state index contributed by atoms with van der Waals surface area (Å²) in [5.74, 6) is 11.7. The summed E-state index contributed by atoms with van der Waals surface area (Å²) in [7, 11) is 6.18. The highest BCUT2D eigenvalue weighted by Crippen LogP contribution is 2.50. The van der Waals surface area contributed by atoms with Crippen LogP contribution in [0.5, 0.6) is 0 Å². The summed E-state index contributed by atoms with van der Waals surface area (Å²) in [5, 5.41) is 9.53. The van der Waals surface area contributed by atoms with Gasteiger partial charge in [-0.1, -0.05) is 158 Å². The van der Waals surface area contributed by atoms with Crippen LogP contribution in [0.3, 0.4) is 0 Å². The third kappa shape index (κ3) is 18.3. The van der Waals surface area contributed by atoms with Gasteiger partial charge in [0, 0.05) is 256 Å². The number of aromatic nitrogens is 8. The number of hydrogen-bond donors (Lipinski definition) is 2. The lowest BCUT2D eigenvalue weighted by Crippen LogP contribution is -2.36. The van der Waals surface area contributed by atoms with Crippen LogP contribution in [0.4, 0.5) is 0 Å². The number of rotatable bonds is 9. The Kier molecular flexibility index (Phi) is 24.4. The van der Waals surface area contributed by atoms with Crippen molar-refractivity contribution in [3.05, 3.63) is 308 Å². The molecule has 14 unspecified atom stereocenters. The number of carbonyl (C=O) groups excluding carboxylic acids is 2. The molecule has 12 heterocycles. The lowest BCUT2D eigenvalue weighted by Gasteiger charge is -2.31. The zero-order chi connectivity index (χ0) is 82.9. The molecule has 6 aromatic carbocycles. The lowest BCUT2D eigenvalue weighted by atomic mass is 9.95. The number of piperidine rings is 7. The molecule has 18 nitrogen and oxygen atoms in total. The molecule has 2 saturated carbocycles. The second-order valence-electron chi connectivity index (χ2n) is 38.0. The summed E-state index contributed by atoms with van der Waals surface area (Å²) in [6, 6.07) is 64.4. The summed E-state index contributed by atoms with van der Waals surface area (Å²) < 4.78 is 0. The van der Waals surface area contributed by atoms with Gasteiger partial charge in [0.15, 0.2) is 5.78 Å². The molecule has 7 aliphatic heterocycles. The van der Waals surface area contributed by atoms with Gasteiger partial charge in [0.25, 0.3) is 0 Å². The van der Waals surface area contributed by atoms with E-state index in [1.54, 1.807) is 0 Å². The number of likely N-dealkylation sites (N-methyl/N-ethyl adjacent to an activating group) is 1. The first-order chi connectivity index (χ1) is 59.6. The Bertz CT molecular complexity index is 5460. The standard InChI is InChI=1S/C21H20N2.C17H19N3.C17H22N2O.C14H14N2.C14H17NO.C11H15N3.C10H13N3/c1-2-6-15(7-3-1)12-23-13-17-10-18(14-23)21-19(17)11-16-8-4-5-9-20(16)22-21;1-12-18-8-16-14-7-15(17(16)19-12)11-20(10-14)9-13-5-3-2-4-6-13;1-18(2)12-16-14-8-15(17(16)20)11-19(10-14)9-13-6-4-3-5-7-13;1-2-4-13-9(3-1)6-12-10-5-11(8-15-7-10)14(12)16-13;16-14-7-12-6-13(14)10-15(9-12)8-11-4-2-1-3-5-11;1-7-12-4-10-8-3-9(11(10)13-7)6-14(2)5-8;1-6-12-5-9-7-2-8(4-11-3-7)10(9)13-6/h1-9,11,17-18H,10,12-14H2;2-6,8,14-15H,7,9-11H2,1H3;3-7,12,14-15H,8-11H2,1-2H3;1-4,6,10-11,15H,5,7-8H2;1-5,12-13H,6-10H2;4,8-9H,3,5-6H2,1-2H3;5,7-8,11H,2-4H2,1H3/b;;16-12-;;;;. The molecule has 5 aromatic heterocycles. The topological polar surface area (TPSA) is 181 Å². The molecule has 14 aliphatic rings. The molecule has 2 N–H and O–H groups in total. The number of carbonyl (C=O) groups is 2. The molecular formula is C104H120N16O2. The molecule has 11 aromatic rings. The first-order valence-electron chi connectivity index (χ1n) is 45.5. The molecule has 25 rings (SSSR count). The molecule has 122 heavy (non-hydrogen) atoms. The lowest BCUT2D eigenvalue weighted by molar-refractivity contribution is -0.121. The van der Waals surface area contributed by atoms with Gasteiger partial charge in [-0.3, -0.25) is 39.2 Å². The second kappa shape index (κ2) is 36.4. The van der Waals surface area contributed by atoms with E-state index in [1.165, 1.54) is 141 Å². The van der Waals surface area contributed by atoms with Crippen LogP contribution in [0.25, 0.3) is 21.8 Å². The predicted molar refractivity (Wildman–Crippen MR) is 484 cm³/mol. The maximum Gasteiger partial charge on any atom is 0.165 e. The van der Waals surface area contributed by atoms with E-state index in [0.29, 0.717) is 88.5 Å². The maximum absolute atomic E-state index is 12.4. The number of likely N-dealkylation sites (tertiary alicyclic amines) is 5. The van der Waals surface area contributed by atoms with Crippen LogP contribution in [-0.2, 0) is 35.8 Å². The number of nitrogens with zero attached hydrogens (tertiary/aromatic N) is 14. The Morgan fingerprint density at radius 1 is 0.352 bits per heavy atom. The van der Waals surface area contributed by atoms with Gasteiger partial charge in [0.1, 0.15) is 23.3 Å². The number of aryl methyl sites for hydroxylation is 3. The van der Waals surface area contributed by atoms with Crippen molar-refractivity contribution >= 4 is 33.4 Å². The van der Waals surface area contributed by atoms with Crippen molar-refractivity contribution in [3.63, 3.8) is 0 Å². The molecule has 0 spiro atoms. The van der Waals surface area contributed by atoms with Gasteiger partial charge < -0.3 is 20.4 Å². The molecule has 9 fully saturated rings. The summed E-state index contributed by atoms with van der Waals surface area (Å²) in [5.41, 5.74) is 22.7. The number of fused-ring (bicyclic) bond motifs is 31. The first kappa shape index (κ1) is 81.6. The van der Waals surface area contributed by atoms with Crippen molar-refractivity contribution < 1.29 is 9.59 Å². The third-order valence-corrected chi connectivity index (χ3v) is 28.6. The quantitative estimate of drug-likeness (QED) is 0.130. The number of Topliss-reactive ketones (excluding diaryl/α,β-unsaturated/α-hetero) is 2. The van der Waals surface area contributed by atoms with Gasteiger partial charge >= 0.3 is 0 Å². The molecule has 628 valence electrons. The third-order valence-electron chi connectivity index (χ3n) is 28.6. The fraction of sp³-hybridized carbons (Fsp3) is 0.442. The maximum atomic E-state index is 12.4. The van der Waals surface area contributed by atoms with Crippen LogP contribution in [0.2, 0.25) is 0 Å². The van der Waals surface area contributed by atoms with E-state index in [1.807, 2.05) is 70.5 Å². The Labute approximate surface area is 721 Å². The Balaban J connectivity index is 0.0000000944. The van der Waals surface area contributed by atoms with E-state index in [2.05, 4.69) is 243 Å². The van der Waals surface area contributed by atoms with E-state index in [4.69, 9.17) is 15.0 Å². The fourth-order valence-electron chi connectivity index (χ4n) is 23.3. The number of pyridine rings is 2. The van der Waals surface area contributed by atoms with Gasteiger partial charge in [-0.2, -0.15) is 0 Å². The summed E-state index contributed by atoms with van der Waals surface area (Å²) in [4.78, 5) is 75.2. The van der Waals surface area contributed by atoms with Crippen molar-refractivity contribution in [2.45, 2.75) is 157 Å². The molecule has 14 bridgehead atoms. The van der Waals surface area contributed by atoms with Gasteiger partial charge in [-0.05, 0) is 165 Å². The van der Waals surface area contributed by atoms with Gasteiger partial charge in [-0.25, -0.2) is 29.9 Å². The van der Waals surface area contributed by atoms with E-state index < -0.39 is 0 Å². The SMILES string of the molecule is CN(C)/C=C1\C(=O)C2CC1CN(Cc1ccccc1)C2.Cc1ncc2c(n1)C1CC2CN(C)C1.Cc1ncc2c(n1)C1CC2CN(Cc2ccccc2)C1.Cc1ncc2c(n1)C1CNCC2C1.O=C1CC2CC1CN(Cc1ccccc1)C2.c1ccc(CN2CC3CC(C2)c2nc4ccccc4cc23)cc1.c1ccc2nc3c(cc2c1)C1CNCC3C1. The minimum atomic E-state index is 0.212. The minimum absolute atomic E-state index is 0.212. The number of para-hydroxylation sites is 2. The number of nitrogens with one attached hydrogen (secondary N) is 2. The van der Waals surface area contributed by atoms with Crippen LogP contribution < -0.4 is 10.6 Å². The van der Waals surface area contributed by atoms with Crippen molar-refractivity contribution in [2.24, 2.45) is 23.7 Å². The zero-order valence-corrected chi connectivity index (χ0v) is 72.2. The van der Waals surface area contributed by atoms with Crippen molar-refractivity contribution in [1.29, 1.82) is 0 Å². The molecule has 0 amide bonds. The van der Waals surface area contributed by atoms with Crippen LogP contribution in [0, 0.1) is 44.4 Å². The minimum Gasteiger partial charge on any atom is -0.383 e. The smallest absolute Gasteiger partial charge is 0.165 e. The Morgan fingerprint density at radius 3 is 1.17 bits per heavy atom. The van der Waals surface area contributed by atoms with Crippen LogP contribution in [0.15, 0.2) is 212 Å². The summed E-state index contributed by atoms with van der Waals surface area (Å²) >= 11 is 0. The van der Waals surface area contributed by atoms with Crippen LogP contribution >= 0.6 is 0 Å². The number of ketones is 2. The van der Waals surface area contributed by atoms with Crippen molar-refractivity contribution in [1.82, 2.24) is 79.9 Å². The molecular weight excluding hydrogens is 1510 g/mol. The Hall–Kier alpha value is -10.0. The average molecular weight is 1630 g/mol. The number of benzene rings is 6. The fourth-order valence-corrected chi connectivity index (χ4v) is 23.3. The largest absolute Gasteiger partial charge is 0.383 e. The molecule has 7 aliphatic carbocycles. The predicted octanol–water partition coefficient (Wildman–Crippen LogP) is 16.1. The molecule has 18 heteroatoms. The van der Waals surface area contributed by atoms with E-state index in [-0.39, 0.29) is 5.92 Å². The van der Waals surface area contributed by atoms with Crippen LogP contribution in [-0.4, -0.2) is 194 Å². The highest BCUT2D eigenvalue weighted by atomic mass is 16.1. The highest BCUT2D eigenvalue weighted by Gasteiger charge is 2.46. The van der Waals surface area contributed by atoms with Crippen molar-refractivity contribution in [2.75, 3.05) is 113 Å². The van der Waals surface area contributed by atoms with E-state index in [0.717, 1.165) is 152 Å². The monoisotopic (exact) mass is 1620 g/mol. The molecule has 7 saturated heterocycles.